The Balaban J connectivity index is 1.66. The SMILES string of the molecule is CN1CCN([C@@H](CNC(=O)C(=O)Nc2ccc(Cl)cc2)c2ccc(N(C)C)cc2)CC1. The summed E-state index contributed by atoms with van der Waals surface area (Å²) in [5, 5.41) is 5.99. The van der Waals surface area contributed by atoms with Gasteiger partial charge in [0, 0.05) is 63.2 Å². The molecule has 2 aromatic carbocycles. The van der Waals surface area contributed by atoms with E-state index in [1.165, 1.54) is 0 Å². The number of carbonyl (C=O) groups is 2. The Morgan fingerprint density at radius 2 is 1.58 bits per heavy atom. The lowest BCUT2D eigenvalue weighted by Crippen LogP contribution is -2.49. The normalized spacial score (nSPS) is 15.9. The van der Waals surface area contributed by atoms with E-state index in [-0.39, 0.29) is 6.04 Å². The number of nitrogens with one attached hydrogen (secondary N) is 2. The van der Waals surface area contributed by atoms with Crippen molar-refractivity contribution in [2.45, 2.75) is 6.04 Å². The molecule has 8 heteroatoms. The van der Waals surface area contributed by atoms with Gasteiger partial charge in [-0.2, -0.15) is 0 Å². The van der Waals surface area contributed by atoms with Gasteiger partial charge < -0.3 is 20.4 Å². The lowest BCUT2D eigenvalue weighted by Gasteiger charge is -2.38. The van der Waals surface area contributed by atoms with Gasteiger partial charge in [-0.1, -0.05) is 23.7 Å². The highest BCUT2D eigenvalue weighted by atomic mass is 35.5. The van der Waals surface area contributed by atoms with Crippen molar-refractivity contribution in [3.05, 3.63) is 59.1 Å². The average Bonchev–Trinajstić information content (AvgIpc) is 2.76. The molecule has 1 aliphatic rings. The summed E-state index contributed by atoms with van der Waals surface area (Å²) in [7, 11) is 6.13. The average molecular weight is 444 g/mol. The van der Waals surface area contributed by atoms with Gasteiger partial charge in [0.25, 0.3) is 0 Å². The third-order valence-corrected chi connectivity index (χ3v) is 5.79. The minimum Gasteiger partial charge on any atom is -0.378 e. The quantitative estimate of drug-likeness (QED) is 0.671. The van der Waals surface area contributed by atoms with Crippen LogP contribution in [0.25, 0.3) is 0 Å². The van der Waals surface area contributed by atoms with Gasteiger partial charge in [-0.05, 0) is 49.0 Å². The molecule has 0 saturated carbocycles. The molecule has 1 aliphatic heterocycles. The van der Waals surface area contributed by atoms with Crippen LogP contribution in [0.2, 0.25) is 5.02 Å². The molecule has 2 amide bonds. The first kappa shape index (κ1) is 23.1. The van der Waals surface area contributed by atoms with E-state index in [0.717, 1.165) is 37.4 Å². The molecule has 1 saturated heterocycles. The molecule has 0 aliphatic carbocycles. The third kappa shape index (κ3) is 6.43. The minimum atomic E-state index is -0.692. The van der Waals surface area contributed by atoms with Crippen LogP contribution in [0, 0.1) is 0 Å². The first-order valence-corrected chi connectivity index (χ1v) is 10.8. The van der Waals surface area contributed by atoms with E-state index in [9.17, 15) is 9.59 Å². The topological polar surface area (TPSA) is 67.9 Å². The number of likely N-dealkylation sites (N-methyl/N-ethyl adjacent to an activating group) is 1. The third-order valence-electron chi connectivity index (χ3n) is 5.54. The summed E-state index contributed by atoms with van der Waals surface area (Å²) in [4.78, 5) is 31.5. The number of anilines is 2. The zero-order valence-electron chi connectivity index (χ0n) is 18.3. The molecule has 1 heterocycles. The van der Waals surface area contributed by atoms with Crippen LogP contribution < -0.4 is 15.5 Å². The van der Waals surface area contributed by atoms with Gasteiger partial charge in [-0.3, -0.25) is 14.5 Å². The van der Waals surface area contributed by atoms with E-state index < -0.39 is 11.8 Å². The van der Waals surface area contributed by atoms with Crippen molar-refractivity contribution in [2.75, 3.05) is 64.1 Å². The van der Waals surface area contributed by atoms with Gasteiger partial charge in [0.1, 0.15) is 0 Å². The fourth-order valence-electron chi connectivity index (χ4n) is 3.58. The first-order chi connectivity index (χ1) is 14.8. The second-order valence-electron chi connectivity index (χ2n) is 8.01. The van der Waals surface area contributed by atoms with E-state index in [4.69, 9.17) is 11.6 Å². The van der Waals surface area contributed by atoms with Crippen LogP contribution in [-0.4, -0.2) is 75.5 Å². The molecule has 1 fully saturated rings. The Morgan fingerprint density at radius 1 is 0.968 bits per heavy atom. The van der Waals surface area contributed by atoms with Gasteiger partial charge in [-0.25, -0.2) is 0 Å². The maximum absolute atomic E-state index is 12.4. The Labute approximate surface area is 189 Å². The lowest BCUT2D eigenvalue weighted by atomic mass is 10.0. The van der Waals surface area contributed by atoms with Gasteiger partial charge in [-0.15, -0.1) is 0 Å². The summed E-state index contributed by atoms with van der Waals surface area (Å²) in [5.74, 6) is -1.35. The zero-order valence-corrected chi connectivity index (χ0v) is 19.0. The second-order valence-corrected chi connectivity index (χ2v) is 8.45. The largest absolute Gasteiger partial charge is 0.378 e. The summed E-state index contributed by atoms with van der Waals surface area (Å²) in [6.07, 6.45) is 0. The van der Waals surface area contributed by atoms with Gasteiger partial charge in [0.05, 0.1) is 6.04 Å². The van der Waals surface area contributed by atoms with Crippen LogP contribution in [0.15, 0.2) is 48.5 Å². The van der Waals surface area contributed by atoms with Crippen molar-refractivity contribution in [2.24, 2.45) is 0 Å². The predicted molar refractivity (Wildman–Crippen MR) is 126 cm³/mol. The maximum Gasteiger partial charge on any atom is 0.313 e. The number of hydrogen-bond acceptors (Lipinski definition) is 5. The number of piperazine rings is 1. The molecule has 0 bridgehead atoms. The molecule has 0 radical (unpaired) electrons. The molecule has 2 N–H and O–H groups in total. The zero-order chi connectivity index (χ0) is 22.4. The van der Waals surface area contributed by atoms with Crippen molar-refractivity contribution < 1.29 is 9.59 Å². The van der Waals surface area contributed by atoms with E-state index in [1.807, 2.05) is 14.1 Å². The van der Waals surface area contributed by atoms with Gasteiger partial charge >= 0.3 is 11.8 Å². The minimum absolute atomic E-state index is 0.00260. The highest BCUT2D eigenvalue weighted by Gasteiger charge is 2.25. The molecule has 0 aromatic heterocycles. The Hall–Kier alpha value is -2.61. The number of hydrogen-bond donors (Lipinski definition) is 2. The highest BCUT2D eigenvalue weighted by molar-refractivity contribution is 6.39. The van der Waals surface area contributed by atoms with Crippen molar-refractivity contribution in [1.29, 1.82) is 0 Å². The molecule has 166 valence electrons. The summed E-state index contributed by atoms with van der Waals surface area (Å²) in [6.45, 7) is 4.11. The summed E-state index contributed by atoms with van der Waals surface area (Å²) >= 11 is 5.86. The predicted octanol–water partition coefficient (Wildman–Crippen LogP) is 2.45. The number of benzene rings is 2. The maximum atomic E-state index is 12.4. The van der Waals surface area contributed by atoms with Crippen molar-refractivity contribution >= 4 is 34.8 Å². The van der Waals surface area contributed by atoms with Gasteiger partial charge in [0.2, 0.25) is 0 Å². The van der Waals surface area contributed by atoms with Crippen LogP contribution in [0.5, 0.6) is 0 Å². The Bertz CT molecular complexity index is 878. The van der Waals surface area contributed by atoms with Crippen molar-refractivity contribution in [1.82, 2.24) is 15.1 Å². The summed E-state index contributed by atoms with van der Waals surface area (Å²) in [5.41, 5.74) is 2.76. The highest BCUT2D eigenvalue weighted by Crippen LogP contribution is 2.24. The Morgan fingerprint density at radius 3 is 2.16 bits per heavy atom. The molecule has 2 aromatic rings. The number of halogens is 1. The van der Waals surface area contributed by atoms with Gasteiger partial charge in [0.15, 0.2) is 0 Å². The molecule has 3 rings (SSSR count). The number of amides is 2. The molecule has 7 nitrogen and oxygen atoms in total. The van der Waals surface area contributed by atoms with Crippen molar-refractivity contribution in [3.8, 4) is 0 Å². The Kier molecular flexibility index (Phi) is 7.90. The smallest absolute Gasteiger partial charge is 0.313 e. The number of rotatable bonds is 6. The first-order valence-electron chi connectivity index (χ1n) is 10.4. The van der Waals surface area contributed by atoms with Crippen LogP contribution >= 0.6 is 11.6 Å². The standard InChI is InChI=1S/C23H30ClN5O2/c1-27(2)20-10-4-17(5-11-20)21(29-14-12-28(3)13-15-29)16-25-22(30)23(31)26-19-8-6-18(24)7-9-19/h4-11,21H,12-16H2,1-3H3,(H,25,30)(H,26,31)/t21-/m0/s1. The fraction of sp³-hybridized carbons (Fsp3) is 0.391. The number of nitrogens with zero attached hydrogens (tertiary/aromatic N) is 3. The molecule has 31 heavy (non-hydrogen) atoms. The van der Waals surface area contributed by atoms with Crippen LogP contribution in [0.1, 0.15) is 11.6 Å². The van der Waals surface area contributed by atoms with E-state index >= 15 is 0 Å². The van der Waals surface area contributed by atoms with E-state index in [1.54, 1.807) is 24.3 Å². The molecule has 0 spiro atoms. The van der Waals surface area contributed by atoms with Crippen molar-refractivity contribution in [3.63, 3.8) is 0 Å². The fourth-order valence-corrected chi connectivity index (χ4v) is 3.70. The molecular weight excluding hydrogens is 414 g/mol. The lowest BCUT2D eigenvalue weighted by molar-refractivity contribution is -0.136. The molecular formula is C23H30ClN5O2. The monoisotopic (exact) mass is 443 g/mol. The van der Waals surface area contributed by atoms with E-state index in [2.05, 4.69) is 56.6 Å². The van der Waals surface area contributed by atoms with Crippen LogP contribution in [0.4, 0.5) is 11.4 Å². The van der Waals surface area contributed by atoms with Crippen LogP contribution in [0.3, 0.4) is 0 Å². The molecule has 1 atom stereocenters. The molecule has 0 unspecified atom stereocenters. The van der Waals surface area contributed by atoms with E-state index in [0.29, 0.717) is 17.3 Å². The summed E-state index contributed by atoms with van der Waals surface area (Å²) in [6, 6.07) is 15.0. The number of carbonyl (C=O) groups excluding carboxylic acids is 2. The van der Waals surface area contributed by atoms with Crippen LogP contribution in [-0.2, 0) is 9.59 Å². The second kappa shape index (κ2) is 10.6. The summed E-state index contributed by atoms with van der Waals surface area (Å²) < 4.78 is 0.